The normalized spacial score (nSPS) is 13.4. The summed E-state index contributed by atoms with van der Waals surface area (Å²) in [5.74, 6) is -2.10. The zero-order valence-corrected chi connectivity index (χ0v) is 23.5. The fraction of sp³-hybridized carbons (Fsp3) is 0.519. The topological polar surface area (TPSA) is 116 Å². The number of rotatable bonds is 16. The Morgan fingerprint density at radius 1 is 1.10 bits per heavy atom. The Morgan fingerprint density at radius 3 is 2.40 bits per heavy atom. The molecule has 0 aromatic heterocycles. The van der Waals surface area contributed by atoms with Crippen molar-refractivity contribution < 1.29 is 45.7 Å². The summed E-state index contributed by atoms with van der Waals surface area (Å²) in [7, 11) is -3.14. The molecule has 2 aromatic carbocycles. The van der Waals surface area contributed by atoms with E-state index in [4.69, 9.17) is 5.11 Å². The van der Waals surface area contributed by atoms with Crippen molar-refractivity contribution in [2.24, 2.45) is 0 Å². The Bertz CT molecular complexity index is 1240. The summed E-state index contributed by atoms with van der Waals surface area (Å²) in [5, 5.41) is 22.5. The molecule has 0 bridgehead atoms. The van der Waals surface area contributed by atoms with Crippen LogP contribution < -0.4 is 10.1 Å². The van der Waals surface area contributed by atoms with Crippen LogP contribution in [0.2, 0.25) is 0 Å². The highest BCUT2D eigenvalue weighted by atomic mass is 32.2. The van der Waals surface area contributed by atoms with E-state index in [0.29, 0.717) is 24.8 Å². The molecule has 1 unspecified atom stereocenters. The summed E-state index contributed by atoms with van der Waals surface area (Å²) >= 11 is 0. The fourth-order valence-electron chi connectivity index (χ4n) is 4.10. The number of carboxylic acid groups (broad SMARTS) is 1. The number of alkyl halides is 3. The highest BCUT2D eigenvalue weighted by Gasteiger charge is 2.32. The molecular weight excluding hydrogens is 556 g/mol. The zero-order valence-electron chi connectivity index (χ0n) is 22.7. The number of halogens is 4. The van der Waals surface area contributed by atoms with E-state index >= 15 is 0 Å². The van der Waals surface area contributed by atoms with Crippen LogP contribution in [-0.4, -0.2) is 67.0 Å². The summed E-state index contributed by atoms with van der Waals surface area (Å²) < 4.78 is 83.4. The number of aliphatic carboxylic acids is 1. The number of likely N-dealkylation sites (N-methyl/N-ethyl adjacent to an activating group) is 1. The molecule has 0 saturated heterocycles. The first-order valence-corrected chi connectivity index (χ1v) is 14.2. The number of β-amino-alcohol motifs (C(OH)–C–C–N with tert-alkyl or cyclic N) is 1. The first-order valence-electron chi connectivity index (χ1n) is 12.7. The molecule has 0 fully saturated rings. The number of hydrogen-bond acceptors (Lipinski definition) is 6. The van der Waals surface area contributed by atoms with Crippen LogP contribution in [-0.2, 0) is 27.7 Å². The van der Waals surface area contributed by atoms with Gasteiger partial charge in [0.1, 0.15) is 11.6 Å². The van der Waals surface area contributed by atoms with Crippen molar-refractivity contribution in [2.75, 3.05) is 20.1 Å². The average Bonchev–Trinajstić information content (AvgIpc) is 2.82. The van der Waals surface area contributed by atoms with E-state index < -0.39 is 44.6 Å². The average molecular weight is 593 g/mol. The molecule has 224 valence electrons. The molecule has 8 nitrogen and oxygen atoms in total. The Kier molecular flexibility index (Phi) is 11.9. The first-order chi connectivity index (χ1) is 18.5. The highest BCUT2D eigenvalue weighted by Crippen LogP contribution is 2.29. The fourth-order valence-corrected chi connectivity index (χ4v) is 5.40. The molecule has 0 aliphatic heterocycles. The SMILES string of the molecule is CN(CC(O)CNC(C)(C)CCCc1ccccc1F)S(=O)(=O)c1cc(CCCC(=O)O)cc(OC(F)(F)F)c1. The summed E-state index contributed by atoms with van der Waals surface area (Å²) in [6.07, 6.45) is -4.48. The van der Waals surface area contributed by atoms with Crippen LogP contribution in [0.3, 0.4) is 0 Å². The van der Waals surface area contributed by atoms with Crippen molar-refractivity contribution in [1.29, 1.82) is 0 Å². The van der Waals surface area contributed by atoms with Gasteiger partial charge in [0.05, 0.1) is 11.0 Å². The minimum Gasteiger partial charge on any atom is -0.481 e. The maximum Gasteiger partial charge on any atom is 0.573 e. The molecule has 0 saturated carbocycles. The first kappa shape index (κ1) is 33.5. The van der Waals surface area contributed by atoms with Crippen LogP contribution in [0.15, 0.2) is 47.4 Å². The van der Waals surface area contributed by atoms with E-state index in [1.54, 1.807) is 18.2 Å². The van der Waals surface area contributed by atoms with Gasteiger partial charge in [-0.2, -0.15) is 4.31 Å². The van der Waals surface area contributed by atoms with Crippen LogP contribution in [0.5, 0.6) is 5.75 Å². The van der Waals surface area contributed by atoms with Crippen LogP contribution >= 0.6 is 0 Å². The Morgan fingerprint density at radius 2 is 1.77 bits per heavy atom. The van der Waals surface area contributed by atoms with E-state index in [2.05, 4.69) is 10.1 Å². The number of aliphatic hydroxyl groups is 1. The Balaban J connectivity index is 2.02. The number of ether oxygens (including phenoxy) is 1. The number of aryl methyl sites for hydroxylation is 2. The van der Waals surface area contributed by atoms with Crippen molar-refractivity contribution >= 4 is 16.0 Å². The molecule has 13 heteroatoms. The maximum atomic E-state index is 13.8. The van der Waals surface area contributed by atoms with Gasteiger partial charge in [0.15, 0.2) is 0 Å². The van der Waals surface area contributed by atoms with Crippen LogP contribution in [0, 0.1) is 5.82 Å². The van der Waals surface area contributed by atoms with E-state index in [1.165, 1.54) is 19.2 Å². The maximum absolute atomic E-state index is 13.8. The lowest BCUT2D eigenvalue weighted by Crippen LogP contribution is -2.46. The second-order valence-corrected chi connectivity index (χ2v) is 12.3. The van der Waals surface area contributed by atoms with Crippen molar-refractivity contribution in [1.82, 2.24) is 9.62 Å². The lowest BCUT2D eigenvalue weighted by Gasteiger charge is -2.29. The second kappa shape index (κ2) is 14.2. The molecule has 2 aromatic rings. The van der Waals surface area contributed by atoms with Gasteiger partial charge in [-0.15, -0.1) is 13.2 Å². The van der Waals surface area contributed by atoms with Crippen molar-refractivity contribution in [3.05, 3.63) is 59.4 Å². The number of nitrogens with zero attached hydrogens (tertiary/aromatic N) is 1. The minimum absolute atomic E-state index is 0.0200. The number of nitrogens with one attached hydrogen (secondary N) is 1. The van der Waals surface area contributed by atoms with Gasteiger partial charge in [-0.3, -0.25) is 4.79 Å². The van der Waals surface area contributed by atoms with E-state index in [0.717, 1.165) is 16.4 Å². The van der Waals surface area contributed by atoms with E-state index in [-0.39, 0.29) is 43.7 Å². The molecule has 0 heterocycles. The quantitative estimate of drug-likeness (QED) is 0.246. The van der Waals surface area contributed by atoms with Gasteiger partial charge in [0, 0.05) is 38.2 Å². The van der Waals surface area contributed by atoms with Crippen molar-refractivity contribution in [3.8, 4) is 5.75 Å². The second-order valence-electron chi connectivity index (χ2n) is 10.3. The van der Waals surface area contributed by atoms with Crippen molar-refractivity contribution in [3.63, 3.8) is 0 Å². The van der Waals surface area contributed by atoms with Crippen molar-refractivity contribution in [2.45, 2.75) is 75.3 Å². The number of hydrogen-bond donors (Lipinski definition) is 3. The van der Waals surface area contributed by atoms with E-state index in [1.807, 2.05) is 13.8 Å². The molecule has 0 spiro atoms. The monoisotopic (exact) mass is 592 g/mol. The Labute approximate surface area is 232 Å². The predicted octanol–water partition coefficient (Wildman–Crippen LogP) is 4.50. The highest BCUT2D eigenvalue weighted by molar-refractivity contribution is 7.89. The zero-order chi connectivity index (χ0) is 30.1. The molecule has 3 N–H and O–H groups in total. The van der Waals surface area contributed by atoms with Crippen LogP contribution in [0.1, 0.15) is 50.7 Å². The number of carbonyl (C=O) groups is 1. The van der Waals surface area contributed by atoms with Gasteiger partial charge >= 0.3 is 12.3 Å². The van der Waals surface area contributed by atoms with Gasteiger partial charge < -0.3 is 20.3 Å². The molecule has 0 aliphatic rings. The molecule has 0 radical (unpaired) electrons. The van der Waals surface area contributed by atoms with Gasteiger partial charge in [-0.25, -0.2) is 12.8 Å². The molecule has 40 heavy (non-hydrogen) atoms. The lowest BCUT2D eigenvalue weighted by atomic mass is 9.95. The summed E-state index contributed by atoms with van der Waals surface area (Å²) in [6.45, 7) is 3.49. The van der Waals surface area contributed by atoms with E-state index in [9.17, 15) is 35.9 Å². The number of carboxylic acids is 1. The third-order valence-corrected chi connectivity index (χ3v) is 8.03. The van der Waals surface area contributed by atoms with Crippen LogP contribution in [0.4, 0.5) is 17.6 Å². The molecular formula is C27H36F4N2O6S. The number of benzene rings is 2. The summed E-state index contributed by atoms with van der Waals surface area (Å²) in [6, 6.07) is 9.43. The smallest absolute Gasteiger partial charge is 0.481 e. The minimum atomic E-state index is -5.06. The molecule has 0 amide bonds. The van der Waals surface area contributed by atoms with Gasteiger partial charge in [0.2, 0.25) is 10.0 Å². The lowest BCUT2D eigenvalue weighted by molar-refractivity contribution is -0.274. The van der Waals surface area contributed by atoms with Gasteiger partial charge in [0.25, 0.3) is 0 Å². The third-order valence-electron chi connectivity index (χ3n) is 6.23. The van der Waals surface area contributed by atoms with Crippen LogP contribution in [0.25, 0.3) is 0 Å². The standard InChI is InChI=1S/C27H36F4N2O6S/c1-26(2,13-7-10-20-9-4-5-11-24(20)28)32-17-21(34)18-33(3)40(37,38)23-15-19(8-6-12-25(35)36)14-22(16-23)39-27(29,30)31/h4-5,9,11,14-16,21,32,34H,6-8,10,12-13,17-18H2,1-3H3,(H,35,36). The van der Waals surface area contributed by atoms with Gasteiger partial charge in [-0.05, 0) is 75.3 Å². The number of aliphatic hydroxyl groups excluding tert-OH is 1. The summed E-state index contributed by atoms with van der Waals surface area (Å²) in [5.41, 5.74) is 0.326. The molecule has 2 rings (SSSR count). The van der Waals surface area contributed by atoms with Gasteiger partial charge in [-0.1, -0.05) is 18.2 Å². The predicted molar refractivity (Wildman–Crippen MR) is 141 cm³/mol. The largest absolute Gasteiger partial charge is 0.573 e. The summed E-state index contributed by atoms with van der Waals surface area (Å²) in [4.78, 5) is 10.3. The third kappa shape index (κ3) is 11.4. The number of sulfonamides is 1. The molecule has 0 aliphatic carbocycles. The Hall–Kier alpha value is -2.74. The molecule has 1 atom stereocenters.